The van der Waals surface area contributed by atoms with Crippen LogP contribution < -0.4 is 5.73 Å². The summed E-state index contributed by atoms with van der Waals surface area (Å²) in [5.41, 5.74) is 10.2. The van der Waals surface area contributed by atoms with Gasteiger partial charge in [-0.15, -0.1) is 0 Å². The maximum atomic E-state index is 13.4. The number of aromatic nitrogens is 2. The smallest absolute Gasteiger partial charge is 0.123 e. The third-order valence-corrected chi connectivity index (χ3v) is 4.97. The average molecular weight is 410 g/mol. The number of nitrogens with one attached hydrogen (secondary N) is 1. The molecule has 0 bridgehead atoms. The van der Waals surface area contributed by atoms with Gasteiger partial charge in [0.2, 0.25) is 0 Å². The standard InChI is InChI=1S/C23H18ClF2N3/c24-17-7-1-14(2-8-17)20(27)13-21-28-22(15-3-9-18(25)10-4-15)23(29-21)16-5-11-19(26)12-6-16/h1-12,20H,13,27H2,(H,28,29)/t20-/m0/s1. The predicted octanol–water partition coefficient (Wildman–Crippen LogP) is 5.92. The van der Waals surface area contributed by atoms with E-state index in [2.05, 4.69) is 4.98 Å². The fourth-order valence-corrected chi connectivity index (χ4v) is 3.32. The number of benzene rings is 3. The van der Waals surface area contributed by atoms with Crippen LogP contribution in [-0.2, 0) is 6.42 Å². The van der Waals surface area contributed by atoms with Crippen LogP contribution >= 0.6 is 11.6 Å². The Morgan fingerprint density at radius 3 is 1.97 bits per heavy atom. The lowest BCUT2D eigenvalue weighted by Crippen LogP contribution is -2.14. The van der Waals surface area contributed by atoms with Gasteiger partial charge in [0, 0.05) is 28.6 Å². The molecule has 3 nitrogen and oxygen atoms in total. The van der Waals surface area contributed by atoms with Gasteiger partial charge in [0.15, 0.2) is 0 Å². The first-order chi connectivity index (χ1) is 14.0. The van der Waals surface area contributed by atoms with Gasteiger partial charge in [-0.05, 0) is 66.2 Å². The van der Waals surface area contributed by atoms with Gasteiger partial charge in [-0.25, -0.2) is 13.8 Å². The number of nitrogens with zero attached hydrogens (tertiary/aromatic N) is 1. The molecule has 6 heteroatoms. The van der Waals surface area contributed by atoms with Crippen LogP contribution in [0.1, 0.15) is 17.4 Å². The van der Waals surface area contributed by atoms with E-state index in [1.54, 1.807) is 36.4 Å². The van der Waals surface area contributed by atoms with Crippen molar-refractivity contribution in [2.24, 2.45) is 5.73 Å². The number of H-pyrrole nitrogens is 1. The summed E-state index contributed by atoms with van der Waals surface area (Å²) in [6.07, 6.45) is 0.469. The molecule has 0 spiro atoms. The minimum atomic E-state index is -0.322. The number of rotatable bonds is 5. The molecule has 0 unspecified atom stereocenters. The van der Waals surface area contributed by atoms with Crippen molar-refractivity contribution in [3.05, 3.63) is 101 Å². The van der Waals surface area contributed by atoms with Crippen molar-refractivity contribution in [3.63, 3.8) is 0 Å². The normalized spacial score (nSPS) is 12.1. The molecule has 0 aliphatic rings. The molecule has 4 aromatic rings. The molecule has 29 heavy (non-hydrogen) atoms. The highest BCUT2D eigenvalue weighted by atomic mass is 35.5. The molecule has 1 heterocycles. The molecule has 3 N–H and O–H groups in total. The summed E-state index contributed by atoms with van der Waals surface area (Å²) < 4.78 is 26.7. The molecule has 1 atom stereocenters. The Kier molecular flexibility index (Phi) is 5.43. The maximum Gasteiger partial charge on any atom is 0.123 e. The molecular formula is C23H18ClF2N3. The Labute approximate surface area is 172 Å². The highest BCUT2D eigenvalue weighted by molar-refractivity contribution is 6.30. The Bertz CT molecular complexity index is 1040. The van der Waals surface area contributed by atoms with Crippen LogP contribution in [0, 0.1) is 11.6 Å². The van der Waals surface area contributed by atoms with Gasteiger partial charge in [0.25, 0.3) is 0 Å². The maximum absolute atomic E-state index is 13.4. The van der Waals surface area contributed by atoms with Gasteiger partial charge >= 0.3 is 0 Å². The van der Waals surface area contributed by atoms with E-state index in [-0.39, 0.29) is 17.7 Å². The van der Waals surface area contributed by atoms with Crippen LogP contribution in [0.5, 0.6) is 0 Å². The summed E-state index contributed by atoms with van der Waals surface area (Å²) >= 11 is 5.95. The minimum absolute atomic E-state index is 0.277. The number of hydrogen-bond donors (Lipinski definition) is 2. The van der Waals surface area contributed by atoms with Crippen molar-refractivity contribution in [2.75, 3.05) is 0 Å². The first-order valence-electron chi connectivity index (χ1n) is 9.11. The molecule has 0 aliphatic carbocycles. The predicted molar refractivity (Wildman–Crippen MR) is 111 cm³/mol. The number of aromatic amines is 1. The highest BCUT2D eigenvalue weighted by Crippen LogP contribution is 2.31. The third kappa shape index (κ3) is 4.36. The summed E-state index contributed by atoms with van der Waals surface area (Å²) in [4.78, 5) is 8.02. The lowest BCUT2D eigenvalue weighted by atomic mass is 10.0. The van der Waals surface area contributed by atoms with E-state index >= 15 is 0 Å². The molecule has 146 valence electrons. The molecule has 4 rings (SSSR count). The van der Waals surface area contributed by atoms with Crippen molar-refractivity contribution in [1.29, 1.82) is 0 Å². The number of hydrogen-bond acceptors (Lipinski definition) is 2. The molecule has 0 aliphatic heterocycles. The summed E-state index contributed by atoms with van der Waals surface area (Å²) in [6.45, 7) is 0. The Morgan fingerprint density at radius 2 is 1.38 bits per heavy atom. The number of nitrogens with two attached hydrogens (primary N) is 1. The average Bonchev–Trinajstić information content (AvgIpc) is 3.13. The van der Waals surface area contributed by atoms with Crippen molar-refractivity contribution in [1.82, 2.24) is 9.97 Å². The largest absolute Gasteiger partial charge is 0.341 e. The van der Waals surface area contributed by atoms with Crippen LogP contribution in [0.25, 0.3) is 22.5 Å². The number of imidazole rings is 1. The van der Waals surface area contributed by atoms with E-state index in [9.17, 15) is 8.78 Å². The molecular weight excluding hydrogens is 392 g/mol. The van der Waals surface area contributed by atoms with Crippen LogP contribution in [0.3, 0.4) is 0 Å². The number of halogens is 3. The monoisotopic (exact) mass is 409 g/mol. The van der Waals surface area contributed by atoms with E-state index in [0.29, 0.717) is 23.0 Å². The second-order valence-corrected chi connectivity index (χ2v) is 7.22. The molecule has 0 saturated carbocycles. The van der Waals surface area contributed by atoms with Crippen molar-refractivity contribution in [2.45, 2.75) is 12.5 Å². The Morgan fingerprint density at radius 1 is 0.828 bits per heavy atom. The highest BCUT2D eigenvalue weighted by Gasteiger charge is 2.17. The molecule has 1 aromatic heterocycles. The van der Waals surface area contributed by atoms with Crippen LogP contribution in [0.2, 0.25) is 5.02 Å². The molecule has 0 radical (unpaired) electrons. The SMILES string of the molecule is N[C@@H](Cc1nc(-c2ccc(F)cc2)c(-c2ccc(F)cc2)[nH]1)c1ccc(Cl)cc1. The van der Waals surface area contributed by atoms with Crippen LogP contribution in [-0.4, -0.2) is 9.97 Å². The first-order valence-corrected chi connectivity index (χ1v) is 9.49. The van der Waals surface area contributed by atoms with Gasteiger partial charge in [0.1, 0.15) is 17.5 Å². The molecule has 0 saturated heterocycles. The van der Waals surface area contributed by atoms with Gasteiger partial charge < -0.3 is 10.7 Å². The van der Waals surface area contributed by atoms with E-state index in [1.165, 1.54) is 24.3 Å². The summed E-state index contributed by atoms with van der Waals surface area (Å²) in [6, 6.07) is 19.3. The zero-order valence-corrected chi connectivity index (χ0v) is 16.1. The fourth-order valence-electron chi connectivity index (χ4n) is 3.20. The van der Waals surface area contributed by atoms with Gasteiger partial charge in [-0.3, -0.25) is 0 Å². The molecule has 0 amide bonds. The second kappa shape index (κ2) is 8.15. The minimum Gasteiger partial charge on any atom is -0.341 e. The van der Waals surface area contributed by atoms with E-state index in [1.807, 2.05) is 12.1 Å². The Hall–Kier alpha value is -3.02. The second-order valence-electron chi connectivity index (χ2n) is 6.78. The van der Waals surface area contributed by atoms with E-state index < -0.39 is 0 Å². The quantitative estimate of drug-likeness (QED) is 0.430. The lowest BCUT2D eigenvalue weighted by molar-refractivity contribution is 0.627. The summed E-state index contributed by atoms with van der Waals surface area (Å²) in [5, 5.41) is 0.649. The van der Waals surface area contributed by atoms with Crippen molar-refractivity contribution >= 4 is 11.6 Å². The molecule has 0 fully saturated rings. The van der Waals surface area contributed by atoms with Crippen molar-refractivity contribution in [3.8, 4) is 22.5 Å². The molecule has 3 aromatic carbocycles. The summed E-state index contributed by atoms with van der Waals surface area (Å²) in [7, 11) is 0. The van der Waals surface area contributed by atoms with Crippen molar-refractivity contribution < 1.29 is 8.78 Å². The van der Waals surface area contributed by atoms with Gasteiger partial charge in [0.05, 0.1) is 11.4 Å². The van der Waals surface area contributed by atoms with Gasteiger partial charge in [-0.2, -0.15) is 0 Å². The van der Waals surface area contributed by atoms with Crippen LogP contribution in [0.15, 0.2) is 72.8 Å². The topological polar surface area (TPSA) is 54.7 Å². The first kappa shape index (κ1) is 19.3. The van der Waals surface area contributed by atoms with Gasteiger partial charge in [-0.1, -0.05) is 23.7 Å². The Balaban J connectivity index is 1.71. The van der Waals surface area contributed by atoms with E-state index in [0.717, 1.165) is 22.4 Å². The van der Waals surface area contributed by atoms with Crippen LogP contribution in [0.4, 0.5) is 8.78 Å². The fraction of sp³-hybridized carbons (Fsp3) is 0.0870. The zero-order valence-electron chi connectivity index (χ0n) is 15.4. The third-order valence-electron chi connectivity index (χ3n) is 4.71. The zero-order chi connectivity index (χ0) is 20.4. The lowest BCUT2D eigenvalue weighted by Gasteiger charge is -2.10. The summed E-state index contributed by atoms with van der Waals surface area (Å²) in [5.74, 6) is 0.0466. The van der Waals surface area contributed by atoms with E-state index in [4.69, 9.17) is 22.3 Å².